The summed E-state index contributed by atoms with van der Waals surface area (Å²) >= 11 is 0. The molecule has 0 rings (SSSR count). The Bertz CT molecular complexity index is 1230. The lowest BCUT2D eigenvalue weighted by Crippen LogP contribution is -2.45. The highest BCUT2D eigenvalue weighted by Gasteiger charge is 2.18. The first kappa shape index (κ1) is 74.1. The van der Waals surface area contributed by atoms with Gasteiger partial charge in [0.1, 0.15) is 0 Å². The number of unbranched alkanes of at least 4 members (excludes halogenated alkanes) is 49. The smallest absolute Gasteiger partial charge is 0.305 e. The van der Waals surface area contributed by atoms with Gasteiger partial charge in [-0.25, -0.2) is 0 Å². The Labute approximate surface area is 474 Å². The van der Waals surface area contributed by atoms with Crippen molar-refractivity contribution >= 4 is 11.9 Å². The molecule has 0 aromatic rings. The van der Waals surface area contributed by atoms with Gasteiger partial charge < -0.3 is 20.3 Å². The van der Waals surface area contributed by atoms with Crippen LogP contribution in [0.4, 0.5) is 0 Å². The van der Waals surface area contributed by atoms with E-state index in [0.29, 0.717) is 19.4 Å². The van der Waals surface area contributed by atoms with Crippen LogP contribution in [0.1, 0.15) is 373 Å². The molecule has 2 unspecified atom stereocenters. The minimum absolute atomic E-state index is 0.00406. The highest BCUT2D eigenvalue weighted by molar-refractivity contribution is 5.76. The zero-order valence-electron chi connectivity index (χ0n) is 51.3. The summed E-state index contributed by atoms with van der Waals surface area (Å²) in [4.78, 5) is 24.5. The zero-order chi connectivity index (χ0) is 55.0. The van der Waals surface area contributed by atoms with E-state index >= 15 is 0 Å². The Hall–Kier alpha value is -1.92. The molecule has 0 aromatic carbocycles. The lowest BCUT2D eigenvalue weighted by Gasteiger charge is -2.20. The first-order valence-corrected chi connectivity index (χ1v) is 34.3. The van der Waals surface area contributed by atoms with Crippen molar-refractivity contribution < 1.29 is 24.5 Å². The normalized spacial score (nSPS) is 12.7. The van der Waals surface area contributed by atoms with Gasteiger partial charge in [0.2, 0.25) is 5.91 Å². The monoisotopic (exact) mass is 1070 g/mol. The van der Waals surface area contributed by atoms with Gasteiger partial charge in [0.25, 0.3) is 0 Å². The second kappa shape index (κ2) is 65.6. The third-order valence-electron chi connectivity index (χ3n) is 15.9. The fraction of sp³-hybridized carbons (Fsp3) is 0.886. The van der Waals surface area contributed by atoms with Gasteiger partial charge >= 0.3 is 5.97 Å². The number of aliphatic hydroxyl groups excluding tert-OH is 2. The number of rotatable bonds is 64. The van der Waals surface area contributed by atoms with E-state index in [4.69, 9.17) is 4.74 Å². The first-order chi connectivity index (χ1) is 37.5. The molecule has 6 heteroatoms. The summed E-state index contributed by atoms with van der Waals surface area (Å²) in [5.74, 6) is -0.0625. The molecule has 0 aliphatic rings. The lowest BCUT2D eigenvalue weighted by atomic mass is 10.0. The van der Waals surface area contributed by atoms with Crippen LogP contribution in [-0.4, -0.2) is 47.4 Å². The molecule has 2 atom stereocenters. The second-order valence-corrected chi connectivity index (χ2v) is 23.5. The van der Waals surface area contributed by atoms with E-state index in [0.717, 1.165) is 44.9 Å². The van der Waals surface area contributed by atoms with Gasteiger partial charge in [-0.2, -0.15) is 0 Å². The molecule has 6 nitrogen and oxygen atoms in total. The van der Waals surface area contributed by atoms with Gasteiger partial charge in [-0.1, -0.05) is 314 Å². The van der Waals surface area contributed by atoms with E-state index in [-0.39, 0.29) is 18.5 Å². The number of aliphatic hydroxyl groups is 2. The quantitative estimate of drug-likeness (QED) is 0.0320. The van der Waals surface area contributed by atoms with Gasteiger partial charge in [0.15, 0.2) is 0 Å². The number of carbonyl (C=O) groups excluding carboxylic acids is 2. The van der Waals surface area contributed by atoms with E-state index in [2.05, 4.69) is 43.5 Å². The number of esters is 1. The molecule has 448 valence electrons. The highest BCUT2D eigenvalue weighted by atomic mass is 16.5. The average molecular weight is 1070 g/mol. The largest absolute Gasteiger partial charge is 0.466 e. The Morgan fingerprint density at radius 3 is 0.961 bits per heavy atom. The third-order valence-corrected chi connectivity index (χ3v) is 15.9. The molecule has 0 radical (unpaired) electrons. The average Bonchev–Trinajstić information content (AvgIpc) is 3.42. The van der Waals surface area contributed by atoms with Gasteiger partial charge in [-0.15, -0.1) is 0 Å². The van der Waals surface area contributed by atoms with Crippen LogP contribution < -0.4 is 5.32 Å². The molecular weight excluding hydrogens is 935 g/mol. The van der Waals surface area contributed by atoms with Crippen molar-refractivity contribution in [3.63, 3.8) is 0 Å². The molecule has 0 spiro atoms. The van der Waals surface area contributed by atoms with Crippen LogP contribution in [0, 0.1) is 0 Å². The molecule has 3 N–H and O–H groups in total. The molecule has 0 bridgehead atoms. The molecular formula is C70H133NO5. The van der Waals surface area contributed by atoms with E-state index in [1.807, 2.05) is 6.08 Å². The van der Waals surface area contributed by atoms with Gasteiger partial charge in [0, 0.05) is 12.8 Å². The van der Waals surface area contributed by atoms with E-state index < -0.39 is 12.1 Å². The fourth-order valence-electron chi connectivity index (χ4n) is 10.6. The van der Waals surface area contributed by atoms with Crippen LogP contribution in [0.2, 0.25) is 0 Å². The predicted molar refractivity (Wildman–Crippen MR) is 333 cm³/mol. The van der Waals surface area contributed by atoms with Crippen molar-refractivity contribution in [2.45, 2.75) is 386 Å². The van der Waals surface area contributed by atoms with E-state index in [9.17, 15) is 19.8 Å². The molecule has 0 aliphatic heterocycles. The van der Waals surface area contributed by atoms with E-state index in [1.165, 1.54) is 302 Å². The minimum Gasteiger partial charge on any atom is -0.466 e. The van der Waals surface area contributed by atoms with Gasteiger partial charge in [-0.3, -0.25) is 9.59 Å². The standard InChI is InChI=1S/C70H133NO5/c1-3-5-7-9-11-13-15-17-18-19-20-27-30-33-36-39-42-46-50-54-58-62-68(73)67(66-72)71-69(74)63-59-55-51-47-43-40-37-34-31-28-25-23-21-22-24-26-29-32-35-38-41-45-49-53-57-61-65-76-70(75)64-60-56-52-48-44-16-14-12-10-8-6-4-2/h12,14,21,23,58,62,67-68,72-73H,3-11,13,15-20,22,24-57,59-61,63-66H2,1-2H3,(H,71,74)/b14-12-,23-21-,62-58+. The number of hydrogen-bond donors (Lipinski definition) is 3. The summed E-state index contributed by atoms with van der Waals surface area (Å²) in [5, 5.41) is 23.2. The molecule has 0 fully saturated rings. The molecule has 0 saturated carbocycles. The number of nitrogens with one attached hydrogen (secondary N) is 1. The maximum absolute atomic E-state index is 12.5. The van der Waals surface area contributed by atoms with Gasteiger partial charge in [-0.05, 0) is 83.5 Å². The molecule has 0 heterocycles. The number of carbonyl (C=O) groups is 2. The van der Waals surface area contributed by atoms with Crippen molar-refractivity contribution in [3.8, 4) is 0 Å². The van der Waals surface area contributed by atoms with Crippen molar-refractivity contribution in [2.24, 2.45) is 0 Å². The van der Waals surface area contributed by atoms with Crippen LogP contribution in [0.5, 0.6) is 0 Å². The summed E-state index contributed by atoms with van der Waals surface area (Å²) in [6.45, 7) is 4.91. The molecule has 1 amide bonds. The summed E-state index contributed by atoms with van der Waals surface area (Å²) in [5.41, 5.74) is 0. The van der Waals surface area contributed by atoms with Crippen molar-refractivity contribution in [1.29, 1.82) is 0 Å². The van der Waals surface area contributed by atoms with Crippen LogP contribution >= 0.6 is 0 Å². The van der Waals surface area contributed by atoms with Crippen LogP contribution in [0.3, 0.4) is 0 Å². The fourth-order valence-corrected chi connectivity index (χ4v) is 10.6. The van der Waals surface area contributed by atoms with Crippen molar-refractivity contribution in [1.82, 2.24) is 5.32 Å². The Morgan fingerprint density at radius 2 is 0.618 bits per heavy atom. The summed E-state index contributed by atoms with van der Waals surface area (Å²) < 4.78 is 5.47. The summed E-state index contributed by atoms with van der Waals surface area (Å²) in [6, 6.07) is -0.630. The van der Waals surface area contributed by atoms with Crippen molar-refractivity contribution in [3.05, 3.63) is 36.5 Å². The van der Waals surface area contributed by atoms with Crippen LogP contribution in [0.15, 0.2) is 36.5 Å². The molecule has 76 heavy (non-hydrogen) atoms. The summed E-state index contributed by atoms with van der Waals surface area (Å²) in [7, 11) is 0. The molecule has 0 saturated heterocycles. The number of amides is 1. The SMILES string of the molecule is CCCCC/C=C\CCCCCCCC(=O)OCCCCCCCCCCCCCC/C=C\CCCCCCCCCCCCC(=O)NC(CO)C(O)/C=C/CCCCCCCCCCCCCCCCCCCCC. The van der Waals surface area contributed by atoms with Crippen LogP contribution in [-0.2, 0) is 14.3 Å². The number of allylic oxidation sites excluding steroid dienone is 5. The zero-order valence-corrected chi connectivity index (χ0v) is 51.3. The Balaban J connectivity index is 3.43. The second-order valence-electron chi connectivity index (χ2n) is 23.5. The molecule has 0 aliphatic carbocycles. The van der Waals surface area contributed by atoms with Crippen molar-refractivity contribution in [2.75, 3.05) is 13.2 Å². The van der Waals surface area contributed by atoms with Crippen LogP contribution in [0.25, 0.3) is 0 Å². The summed E-state index contributed by atoms with van der Waals surface area (Å²) in [6.07, 6.45) is 83.5. The Kier molecular flexibility index (Phi) is 63.9. The lowest BCUT2D eigenvalue weighted by molar-refractivity contribution is -0.143. The van der Waals surface area contributed by atoms with Gasteiger partial charge in [0.05, 0.1) is 25.4 Å². The topological polar surface area (TPSA) is 95.9 Å². The number of hydrogen-bond acceptors (Lipinski definition) is 5. The minimum atomic E-state index is -0.847. The maximum Gasteiger partial charge on any atom is 0.305 e. The maximum atomic E-state index is 12.5. The molecule has 0 aromatic heterocycles. The first-order valence-electron chi connectivity index (χ1n) is 34.3. The number of ether oxygens (including phenoxy) is 1. The third kappa shape index (κ3) is 61.3. The van der Waals surface area contributed by atoms with E-state index in [1.54, 1.807) is 6.08 Å². The predicted octanol–water partition coefficient (Wildman–Crippen LogP) is 21.9. The highest BCUT2D eigenvalue weighted by Crippen LogP contribution is 2.18. The Morgan fingerprint density at radius 1 is 0.355 bits per heavy atom.